The molecular formula is C20H12BrClN2O. The van der Waals surface area contributed by atoms with Crippen LogP contribution in [-0.2, 0) is 0 Å². The van der Waals surface area contributed by atoms with Gasteiger partial charge in [0.1, 0.15) is 17.4 Å². The van der Waals surface area contributed by atoms with E-state index in [1.165, 1.54) is 0 Å². The van der Waals surface area contributed by atoms with Crippen LogP contribution in [0.15, 0.2) is 70.5 Å². The lowest BCUT2D eigenvalue weighted by atomic mass is 9.81. The van der Waals surface area contributed by atoms with Crippen molar-refractivity contribution in [3.8, 4) is 11.8 Å². The van der Waals surface area contributed by atoms with Crippen LogP contribution in [0, 0.1) is 11.3 Å². The molecule has 3 nitrogen and oxygen atoms in total. The summed E-state index contributed by atoms with van der Waals surface area (Å²) >= 11 is 9.53. The third-order valence-corrected chi connectivity index (χ3v) is 5.12. The molecule has 3 aromatic rings. The highest BCUT2D eigenvalue weighted by molar-refractivity contribution is 9.10. The van der Waals surface area contributed by atoms with Gasteiger partial charge in [0.25, 0.3) is 0 Å². The maximum Gasteiger partial charge on any atom is 0.205 e. The number of nitrogens with two attached hydrogens (primary N) is 1. The normalized spacial score (nSPS) is 16.3. The van der Waals surface area contributed by atoms with Crippen LogP contribution >= 0.6 is 27.5 Å². The molecule has 2 N–H and O–H groups in total. The summed E-state index contributed by atoms with van der Waals surface area (Å²) in [5, 5.41) is 12.4. The molecular weight excluding hydrogens is 400 g/mol. The van der Waals surface area contributed by atoms with Crippen molar-refractivity contribution in [3.63, 3.8) is 0 Å². The van der Waals surface area contributed by atoms with E-state index in [9.17, 15) is 5.26 Å². The van der Waals surface area contributed by atoms with Crippen LogP contribution in [0.25, 0.3) is 10.8 Å². The van der Waals surface area contributed by atoms with Gasteiger partial charge in [-0.1, -0.05) is 51.8 Å². The number of benzene rings is 3. The fraction of sp³-hybridized carbons (Fsp3) is 0.0500. The van der Waals surface area contributed by atoms with E-state index in [1.54, 1.807) is 0 Å². The number of halogens is 2. The molecule has 5 heteroatoms. The van der Waals surface area contributed by atoms with E-state index in [-0.39, 0.29) is 11.8 Å². The van der Waals surface area contributed by atoms with E-state index in [0.717, 1.165) is 26.4 Å². The topological polar surface area (TPSA) is 59.0 Å². The Kier molecular flexibility index (Phi) is 3.91. The average Bonchev–Trinajstić information content (AvgIpc) is 2.61. The Hall–Kier alpha value is -2.48. The van der Waals surface area contributed by atoms with Crippen LogP contribution in [0.3, 0.4) is 0 Å². The molecule has 0 amide bonds. The van der Waals surface area contributed by atoms with E-state index in [4.69, 9.17) is 22.1 Å². The predicted octanol–water partition coefficient (Wildman–Crippen LogP) is 5.47. The van der Waals surface area contributed by atoms with Crippen LogP contribution in [0.2, 0.25) is 5.02 Å². The molecule has 0 fully saturated rings. The van der Waals surface area contributed by atoms with Crippen molar-refractivity contribution in [1.29, 1.82) is 5.26 Å². The molecule has 1 aliphatic heterocycles. The lowest BCUT2D eigenvalue weighted by Crippen LogP contribution is -2.21. The first-order chi connectivity index (χ1) is 12.1. The van der Waals surface area contributed by atoms with E-state index >= 15 is 0 Å². The maximum atomic E-state index is 9.69. The van der Waals surface area contributed by atoms with Crippen molar-refractivity contribution in [3.05, 3.63) is 86.7 Å². The third-order valence-electron chi connectivity index (χ3n) is 4.37. The highest BCUT2D eigenvalue weighted by atomic mass is 79.9. The van der Waals surface area contributed by atoms with Gasteiger partial charge in [-0.05, 0) is 46.7 Å². The quantitative estimate of drug-likeness (QED) is 0.577. The van der Waals surface area contributed by atoms with Gasteiger partial charge in [0.05, 0.1) is 5.92 Å². The van der Waals surface area contributed by atoms with Crippen LogP contribution < -0.4 is 10.5 Å². The summed E-state index contributed by atoms with van der Waals surface area (Å²) in [5.74, 6) is 0.522. The fourth-order valence-electron chi connectivity index (χ4n) is 3.26. The maximum absolute atomic E-state index is 9.69. The van der Waals surface area contributed by atoms with Crippen molar-refractivity contribution in [2.75, 3.05) is 0 Å². The highest BCUT2D eigenvalue weighted by Gasteiger charge is 2.32. The summed E-state index contributed by atoms with van der Waals surface area (Å²) in [6, 6.07) is 19.6. The summed E-state index contributed by atoms with van der Waals surface area (Å²) in [6.07, 6.45) is 0. The van der Waals surface area contributed by atoms with Gasteiger partial charge in [-0.15, -0.1) is 0 Å². The molecule has 1 unspecified atom stereocenters. The number of allylic oxidation sites excluding steroid dienone is 1. The van der Waals surface area contributed by atoms with E-state index < -0.39 is 0 Å². The Morgan fingerprint density at radius 2 is 1.84 bits per heavy atom. The summed E-state index contributed by atoms with van der Waals surface area (Å²) in [7, 11) is 0. The Morgan fingerprint density at radius 3 is 2.56 bits per heavy atom. The lowest BCUT2D eigenvalue weighted by Gasteiger charge is -2.28. The molecule has 0 bridgehead atoms. The average molecular weight is 412 g/mol. The van der Waals surface area contributed by atoms with Gasteiger partial charge in [-0.2, -0.15) is 5.26 Å². The molecule has 0 aromatic heterocycles. The molecule has 1 atom stereocenters. The first-order valence-corrected chi connectivity index (χ1v) is 8.81. The monoisotopic (exact) mass is 410 g/mol. The first-order valence-electron chi connectivity index (χ1n) is 7.63. The number of nitrogens with zero attached hydrogens (tertiary/aromatic N) is 1. The zero-order valence-electron chi connectivity index (χ0n) is 13.0. The minimum atomic E-state index is -0.295. The number of rotatable bonds is 1. The molecule has 122 valence electrons. The minimum absolute atomic E-state index is 0.145. The summed E-state index contributed by atoms with van der Waals surface area (Å²) in [6.45, 7) is 0. The number of ether oxygens (including phenoxy) is 1. The molecule has 1 heterocycles. The Morgan fingerprint density at radius 1 is 1.08 bits per heavy atom. The van der Waals surface area contributed by atoms with Crippen molar-refractivity contribution < 1.29 is 4.74 Å². The standard InChI is InChI=1S/C20H12BrClN2O/c21-13-4-7-15-12(9-13)3-8-17-19(15)18(16(10-23)20(24)25-17)11-1-5-14(22)6-2-11/h1-9,18H,24H2. The zero-order chi connectivity index (χ0) is 17.6. The second kappa shape index (κ2) is 6.11. The smallest absolute Gasteiger partial charge is 0.205 e. The minimum Gasteiger partial charge on any atom is -0.440 e. The van der Waals surface area contributed by atoms with Gasteiger partial charge < -0.3 is 10.5 Å². The fourth-order valence-corrected chi connectivity index (χ4v) is 3.76. The summed E-state index contributed by atoms with van der Waals surface area (Å²) < 4.78 is 6.74. The summed E-state index contributed by atoms with van der Waals surface area (Å²) in [4.78, 5) is 0. The second-order valence-corrected chi connectivity index (χ2v) is 7.17. The van der Waals surface area contributed by atoms with Gasteiger partial charge in [-0.25, -0.2) is 0 Å². The molecule has 4 rings (SSSR count). The van der Waals surface area contributed by atoms with Gasteiger partial charge in [0.2, 0.25) is 5.88 Å². The van der Waals surface area contributed by atoms with E-state index in [2.05, 4.69) is 22.0 Å². The Labute approximate surface area is 158 Å². The molecule has 0 spiro atoms. The van der Waals surface area contributed by atoms with Crippen LogP contribution in [0.4, 0.5) is 0 Å². The van der Waals surface area contributed by atoms with Crippen molar-refractivity contribution >= 4 is 38.3 Å². The number of fused-ring (bicyclic) bond motifs is 3. The molecule has 25 heavy (non-hydrogen) atoms. The van der Waals surface area contributed by atoms with Crippen LogP contribution in [0.5, 0.6) is 5.75 Å². The van der Waals surface area contributed by atoms with Gasteiger partial charge in [0.15, 0.2) is 0 Å². The third kappa shape index (κ3) is 2.66. The molecule has 3 aromatic carbocycles. The van der Waals surface area contributed by atoms with E-state index in [0.29, 0.717) is 16.3 Å². The van der Waals surface area contributed by atoms with Gasteiger partial charge in [-0.3, -0.25) is 0 Å². The molecule has 1 aliphatic rings. The van der Waals surface area contributed by atoms with E-state index in [1.807, 2.05) is 54.6 Å². The largest absolute Gasteiger partial charge is 0.440 e. The second-order valence-electron chi connectivity index (χ2n) is 5.82. The summed E-state index contributed by atoms with van der Waals surface area (Å²) in [5.41, 5.74) is 8.33. The van der Waals surface area contributed by atoms with Crippen LogP contribution in [0.1, 0.15) is 17.0 Å². The Balaban J connectivity index is 2.05. The number of nitriles is 1. The van der Waals surface area contributed by atoms with Crippen LogP contribution in [-0.4, -0.2) is 0 Å². The highest BCUT2D eigenvalue weighted by Crippen LogP contribution is 2.45. The lowest BCUT2D eigenvalue weighted by molar-refractivity contribution is 0.395. The predicted molar refractivity (Wildman–Crippen MR) is 102 cm³/mol. The van der Waals surface area contributed by atoms with Crippen molar-refractivity contribution in [1.82, 2.24) is 0 Å². The van der Waals surface area contributed by atoms with Gasteiger partial charge in [0, 0.05) is 15.1 Å². The molecule has 0 saturated heterocycles. The zero-order valence-corrected chi connectivity index (χ0v) is 15.3. The number of hydrogen-bond donors (Lipinski definition) is 1. The Bertz CT molecular complexity index is 1070. The molecule has 0 radical (unpaired) electrons. The van der Waals surface area contributed by atoms with Crippen molar-refractivity contribution in [2.24, 2.45) is 5.73 Å². The molecule has 0 saturated carbocycles. The van der Waals surface area contributed by atoms with Crippen molar-refractivity contribution in [2.45, 2.75) is 5.92 Å². The first kappa shape index (κ1) is 16.0. The SMILES string of the molecule is N#CC1=C(N)Oc2ccc3cc(Br)ccc3c2C1c1ccc(Cl)cc1. The number of hydrogen-bond acceptors (Lipinski definition) is 3. The molecule has 0 aliphatic carbocycles. The van der Waals surface area contributed by atoms with Gasteiger partial charge >= 0.3 is 0 Å².